The Kier molecular flexibility index (Phi) is 5.66. The summed E-state index contributed by atoms with van der Waals surface area (Å²) in [6.07, 6.45) is 3.28. The monoisotopic (exact) mass is 396 g/mol. The summed E-state index contributed by atoms with van der Waals surface area (Å²) in [4.78, 5) is 27.3. The molecule has 0 N–H and O–H groups in total. The largest absolute Gasteiger partial charge is 0.362 e. The highest BCUT2D eigenvalue weighted by Gasteiger charge is 2.37. The highest BCUT2D eigenvalue weighted by atomic mass is 32.2. The Hall–Kier alpha value is -2.20. The minimum atomic E-state index is -3.43. The number of hydrogen-bond acceptors (Lipinski definition) is 6. The fourth-order valence-corrected chi connectivity index (χ4v) is 4.93. The second-order valence-electron chi connectivity index (χ2n) is 6.94. The van der Waals surface area contributed by atoms with Crippen molar-refractivity contribution in [3.05, 3.63) is 34.4 Å². The summed E-state index contributed by atoms with van der Waals surface area (Å²) < 4.78 is 25.3. The number of carbonyl (C=O) groups is 1. The molecule has 1 atom stereocenters. The molecule has 0 radical (unpaired) electrons. The fraction of sp³-hybridized carbons (Fsp3) is 0.588. The van der Waals surface area contributed by atoms with Gasteiger partial charge in [-0.2, -0.15) is 4.31 Å². The number of nitrogens with zero attached hydrogens (tertiary/aromatic N) is 4. The van der Waals surface area contributed by atoms with Crippen molar-refractivity contribution >= 4 is 27.3 Å². The van der Waals surface area contributed by atoms with Gasteiger partial charge in [-0.05, 0) is 18.9 Å². The van der Waals surface area contributed by atoms with Gasteiger partial charge in [0.25, 0.3) is 5.69 Å². The number of rotatable bonds is 4. The topological polar surface area (TPSA) is 104 Å². The number of piperazine rings is 1. The number of hydrogen-bond donors (Lipinski definition) is 0. The van der Waals surface area contributed by atoms with E-state index < -0.39 is 21.0 Å². The predicted molar refractivity (Wildman–Crippen MR) is 101 cm³/mol. The lowest BCUT2D eigenvalue weighted by Gasteiger charge is -2.40. The molecule has 0 bridgehead atoms. The van der Waals surface area contributed by atoms with Gasteiger partial charge in [0.2, 0.25) is 15.9 Å². The number of sulfonamides is 1. The van der Waals surface area contributed by atoms with E-state index in [-0.39, 0.29) is 11.6 Å². The number of anilines is 1. The third-order valence-electron chi connectivity index (χ3n) is 5.18. The Labute approximate surface area is 158 Å². The van der Waals surface area contributed by atoms with E-state index in [0.29, 0.717) is 44.8 Å². The van der Waals surface area contributed by atoms with Crippen molar-refractivity contribution in [3.8, 4) is 0 Å². The van der Waals surface area contributed by atoms with Crippen LogP contribution in [0.25, 0.3) is 0 Å². The van der Waals surface area contributed by atoms with E-state index in [9.17, 15) is 23.3 Å². The normalized spacial score (nSPS) is 21.9. The first-order valence-electron chi connectivity index (χ1n) is 9.03. The SMILES string of the molecule is CS(=O)(=O)N1CCCCC1C(=O)N1CCN(c2ccccc2[N+](=O)[O-])CC1. The van der Waals surface area contributed by atoms with Crippen molar-refractivity contribution in [1.29, 1.82) is 0 Å². The number of nitro benzene ring substituents is 1. The van der Waals surface area contributed by atoms with Gasteiger partial charge in [0.05, 0.1) is 11.2 Å². The van der Waals surface area contributed by atoms with Crippen LogP contribution in [0.5, 0.6) is 0 Å². The van der Waals surface area contributed by atoms with Crippen molar-refractivity contribution in [2.24, 2.45) is 0 Å². The highest BCUT2D eigenvalue weighted by molar-refractivity contribution is 7.88. The van der Waals surface area contributed by atoms with Crippen molar-refractivity contribution < 1.29 is 18.1 Å². The molecule has 1 amide bonds. The van der Waals surface area contributed by atoms with Gasteiger partial charge < -0.3 is 9.80 Å². The first kappa shape index (κ1) is 19.6. The summed E-state index contributed by atoms with van der Waals surface area (Å²) in [7, 11) is -3.43. The second kappa shape index (κ2) is 7.81. The molecule has 2 aliphatic rings. The molecule has 1 aromatic carbocycles. The van der Waals surface area contributed by atoms with E-state index in [2.05, 4.69) is 0 Å². The quantitative estimate of drug-likeness (QED) is 0.557. The number of nitro groups is 1. The van der Waals surface area contributed by atoms with Crippen molar-refractivity contribution in [2.45, 2.75) is 25.3 Å². The van der Waals surface area contributed by atoms with Crippen LogP contribution in [0.1, 0.15) is 19.3 Å². The van der Waals surface area contributed by atoms with E-state index >= 15 is 0 Å². The maximum absolute atomic E-state index is 12.9. The second-order valence-corrected chi connectivity index (χ2v) is 8.88. The van der Waals surface area contributed by atoms with Gasteiger partial charge in [-0.15, -0.1) is 0 Å². The lowest BCUT2D eigenvalue weighted by Crippen LogP contribution is -2.57. The number of benzene rings is 1. The number of piperidine rings is 1. The summed E-state index contributed by atoms with van der Waals surface area (Å²) in [5.41, 5.74) is 0.595. The molecule has 1 aromatic rings. The smallest absolute Gasteiger partial charge is 0.292 e. The van der Waals surface area contributed by atoms with Gasteiger partial charge in [0.15, 0.2) is 0 Å². The summed E-state index contributed by atoms with van der Waals surface area (Å²) in [5, 5.41) is 11.2. The Balaban J connectivity index is 1.69. The van der Waals surface area contributed by atoms with Gasteiger partial charge in [-0.3, -0.25) is 14.9 Å². The van der Waals surface area contributed by atoms with Crippen LogP contribution in [0.15, 0.2) is 24.3 Å². The summed E-state index contributed by atoms with van der Waals surface area (Å²) in [5.74, 6) is -0.165. The number of para-hydroxylation sites is 2. The van der Waals surface area contributed by atoms with Gasteiger partial charge in [0.1, 0.15) is 11.7 Å². The van der Waals surface area contributed by atoms with Crippen molar-refractivity contribution in [3.63, 3.8) is 0 Å². The van der Waals surface area contributed by atoms with E-state index in [1.165, 1.54) is 10.4 Å². The Morgan fingerprint density at radius 3 is 2.41 bits per heavy atom. The van der Waals surface area contributed by atoms with Gasteiger partial charge >= 0.3 is 0 Å². The first-order valence-corrected chi connectivity index (χ1v) is 10.9. The Morgan fingerprint density at radius 1 is 1.11 bits per heavy atom. The molecule has 1 unspecified atom stereocenters. The highest BCUT2D eigenvalue weighted by Crippen LogP contribution is 2.29. The summed E-state index contributed by atoms with van der Waals surface area (Å²) in [6.45, 7) is 2.16. The predicted octanol–water partition coefficient (Wildman–Crippen LogP) is 1.06. The molecule has 0 aromatic heterocycles. The van der Waals surface area contributed by atoms with Gasteiger partial charge in [-0.1, -0.05) is 18.6 Å². The first-order chi connectivity index (χ1) is 12.8. The van der Waals surface area contributed by atoms with Crippen LogP contribution in [0.3, 0.4) is 0 Å². The molecule has 2 fully saturated rings. The van der Waals surface area contributed by atoms with E-state index in [1.807, 2.05) is 4.90 Å². The average molecular weight is 396 g/mol. The zero-order chi connectivity index (χ0) is 19.6. The molecular weight excluding hydrogens is 372 g/mol. The number of amides is 1. The minimum absolute atomic E-state index is 0.0489. The van der Waals surface area contributed by atoms with E-state index in [0.717, 1.165) is 19.1 Å². The Bertz CT molecular complexity index is 820. The van der Waals surface area contributed by atoms with Crippen LogP contribution < -0.4 is 4.90 Å². The summed E-state index contributed by atoms with van der Waals surface area (Å²) in [6, 6.07) is 5.93. The standard InChI is InChI=1S/C17H24N4O5S/c1-27(25,26)20-9-5-4-8-16(20)17(22)19-12-10-18(11-13-19)14-6-2-3-7-15(14)21(23)24/h2-3,6-7,16H,4-5,8-13H2,1H3. The molecular formula is C17H24N4O5S. The fourth-order valence-electron chi connectivity index (χ4n) is 3.81. The van der Waals surface area contributed by atoms with Crippen LogP contribution >= 0.6 is 0 Å². The third kappa shape index (κ3) is 4.22. The van der Waals surface area contributed by atoms with Crippen LogP contribution in [-0.2, 0) is 14.8 Å². The molecule has 2 aliphatic heterocycles. The van der Waals surface area contributed by atoms with Gasteiger partial charge in [0, 0.05) is 38.8 Å². The van der Waals surface area contributed by atoms with Crippen LogP contribution in [0.4, 0.5) is 11.4 Å². The molecule has 27 heavy (non-hydrogen) atoms. The summed E-state index contributed by atoms with van der Waals surface area (Å²) >= 11 is 0. The van der Waals surface area contributed by atoms with Crippen molar-refractivity contribution in [2.75, 3.05) is 43.9 Å². The molecule has 0 aliphatic carbocycles. The Morgan fingerprint density at radius 2 is 1.78 bits per heavy atom. The zero-order valence-corrected chi connectivity index (χ0v) is 16.1. The van der Waals surface area contributed by atoms with Crippen molar-refractivity contribution in [1.82, 2.24) is 9.21 Å². The molecule has 10 heteroatoms. The molecule has 0 saturated carbocycles. The molecule has 0 spiro atoms. The maximum atomic E-state index is 12.9. The van der Waals surface area contributed by atoms with Crippen LogP contribution in [-0.4, -0.2) is 73.5 Å². The van der Waals surface area contributed by atoms with Crippen LogP contribution in [0.2, 0.25) is 0 Å². The van der Waals surface area contributed by atoms with Gasteiger partial charge in [-0.25, -0.2) is 8.42 Å². The number of carbonyl (C=O) groups excluding carboxylic acids is 1. The van der Waals surface area contributed by atoms with Crippen LogP contribution in [0, 0.1) is 10.1 Å². The molecule has 2 saturated heterocycles. The lowest BCUT2D eigenvalue weighted by atomic mass is 10.0. The lowest BCUT2D eigenvalue weighted by molar-refractivity contribution is -0.384. The van der Waals surface area contributed by atoms with E-state index in [4.69, 9.17) is 0 Å². The third-order valence-corrected chi connectivity index (χ3v) is 6.46. The molecule has 148 valence electrons. The van der Waals surface area contributed by atoms with E-state index in [1.54, 1.807) is 23.1 Å². The average Bonchev–Trinajstić information content (AvgIpc) is 2.67. The minimum Gasteiger partial charge on any atom is -0.362 e. The zero-order valence-electron chi connectivity index (χ0n) is 15.3. The molecule has 9 nitrogen and oxygen atoms in total. The molecule has 2 heterocycles. The maximum Gasteiger partial charge on any atom is 0.292 e. The molecule has 3 rings (SSSR count).